The highest BCUT2D eigenvalue weighted by molar-refractivity contribution is 14.1. The number of ether oxygens (including phenoxy) is 3. The van der Waals surface area contributed by atoms with Gasteiger partial charge in [-0.3, -0.25) is 0 Å². The van der Waals surface area contributed by atoms with Crippen molar-refractivity contribution in [1.29, 1.82) is 0 Å². The van der Waals surface area contributed by atoms with Crippen LogP contribution < -0.4 is 9.47 Å². The number of benzene rings is 1. The van der Waals surface area contributed by atoms with E-state index in [1.54, 1.807) is 0 Å². The van der Waals surface area contributed by atoms with Gasteiger partial charge in [0.1, 0.15) is 11.5 Å². The second-order valence-electron chi connectivity index (χ2n) is 5.34. The Morgan fingerprint density at radius 1 is 1.45 bits per heavy atom. The number of alkyl halides is 1. The van der Waals surface area contributed by atoms with Crippen molar-refractivity contribution in [3.05, 3.63) is 23.3 Å². The Bertz CT molecular complexity index is 516. The molecule has 0 aromatic heterocycles. The fourth-order valence-electron chi connectivity index (χ4n) is 2.65. The van der Waals surface area contributed by atoms with Crippen molar-refractivity contribution in [2.75, 3.05) is 18.1 Å². The monoisotopic (exact) mass is 418 g/mol. The molecule has 1 aromatic carbocycles. The summed E-state index contributed by atoms with van der Waals surface area (Å²) in [5.41, 5.74) is 2.24. The van der Waals surface area contributed by atoms with Crippen LogP contribution in [-0.4, -0.2) is 30.2 Å². The molecule has 1 aliphatic heterocycles. The van der Waals surface area contributed by atoms with Gasteiger partial charge in [0.15, 0.2) is 6.10 Å². The number of carbonyl (C=O) groups excluding carboxylic acids is 1. The van der Waals surface area contributed by atoms with E-state index >= 15 is 0 Å². The van der Waals surface area contributed by atoms with Gasteiger partial charge >= 0.3 is 5.97 Å². The van der Waals surface area contributed by atoms with E-state index in [0.717, 1.165) is 52.7 Å². The van der Waals surface area contributed by atoms with Crippen LogP contribution in [0.2, 0.25) is 0 Å². The maximum absolute atomic E-state index is 11.8. The molecule has 1 atom stereocenters. The first-order valence-electron chi connectivity index (χ1n) is 7.79. The van der Waals surface area contributed by atoms with E-state index in [4.69, 9.17) is 14.2 Å². The number of esters is 1. The van der Waals surface area contributed by atoms with Gasteiger partial charge in [-0.1, -0.05) is 42.0 Å². The zero-order valence-electron chi connectivity index (χ0n) is 13.2. The third-order valence-corrected chi connectivity index (χ3v) is 4.50. The first-order chi connectivity index (χ1) is 10.7. The van der Waals surface area contributed by atoms with Crippen molar-refractivity contribution < 1.29 is 19.0 Å². The van der Waals surface area contributed by atoms with Gasteiger partial charge in [0, 0.05) is 9.99 Å². The lowest BCUT2D eigenvalue weighted by Crippen LogP contribution is -2.32. The normalized spacial score (nSPS) is 16.6. The zero-order chi connectivity index (χ0) is 15.9. The fraction of sp³-hybridized carbons (Fsp3) is 0.588. The van der Waals surface area contributed by atoms with Crippen LogP contribution in [0.4, 0.5) is 0 Å². The first-order valence-corrected chi connectivity index (χ1v) is 9.31. The van der Waals surface area contributed by atoms with Crippen molar-refractivity contribution in [3.8, 4) is 11.5 Å². The van der Waals surface area contributed by atoms with Crippen LogP contribution in [0.5, 0.6) is 11.5 Å². The minimum Gasteiger partial charge on any atom is -0.493 e. The van der Waals surface area contributed by atoms with Crippen molar-refractivity contribution in [2.24, 2.45) is 0 Å². The molecule has 1 aromatic rings. The third-order valence-electron chi connectivity index (χ3n) is 3.73. The van der Waals surface area contributed by atoms with Crippen LogP contribution in [0.15, 0.2) is 12.1 Å². The zero-order valence-corrected chi connectivity index (χ0v) is 15.4. The van der Waals surface area contributed by atoms with Crippen LogP contribution in [0, 0.1) is 0 Å². The molecule has 0 aliphatic carbocycles. The van der Waals surface area contributed by atoms with Gasteiger partial charge < -0.3 is 14.2 Å². The molecule has 0 fully saturated rings. The van der Waals surface area contributed by atoms with Crippen LogP contribution >= 0.6 is 22.6 Å². The van der Waals surface area contributed by atoms with Gasteiger partial charge in [0.2, 0.25) is 0 Å². The summed E-state index contributed by atoms with van der Waals surface area (Å²) in [4.78, 5) is 11.8. The smallest absolute Gasteiger partial charge is 0.347 e. The van der Waals surface area contributed by atoms with Crippen LogP contribution in [0.3, 0.4) is 0 Å². The molecule has 22 heavy (non-hydrogen) atoms. The Kier molecular flexibility index (Phi) is 6.79. The summed E-state index contributed by atoms with van der Waals surface area (Å²) < 4.78 is 17.8. The lowest BCUT2D eigenvalue weighted by atomic mass is 9.96. The highest BCUT2D eigenvalue weighted by Gasteiger charge is 2.29. The lowest BCUT2D eigenvalue weighted by molar-refractivity contribution is -0.149. The van der Waals surface area contributed by atoms with E-state index in [-0.39, 0.29) is 5.97 Å². The minimum atomic E-state index is -0.502. The van der Waals surface area contributed by atoms with Crippen molar-refractivity contribution >= 4 is 28.6 Å². The summed E-state index contributed by atoms with van der Waals surface area (Å²) in [6, 6.07) is 4.10. The topological polar surface area (TPSA) is 44.8 Å². The molecule has 0 amide bonds. The Labute approximate surface area is 145 Å². The SMILES string of the molecule is CCCc1c(OCCCI)ccc2c1OC(C(=O)OC)CC2. The maximum Gasteiger partial charge on any atom is 0.347 e. The number of hydrogen-bond donors (Lipinski definition) is 0. The second kappa shape index (κ2) is 8.60. The summed E-state index contributed by atoms with van der Waals surface area (Å²) in [5.74, 6) is 1.41. The largest absolute Gasteiger partial charge is 0.493 e. The molecule has 0 spiro atoms. The Balaban J connectivity index is 2.26. The molecule has 0 N–H and O–H groups in total. The Morgan fingerprint density at radius 3 is 2.95 bits per heavy atom. The fourth-order valence-corrected chi connectivity index (χ4v) is 2.96. The molecule has 4 nitrogen and oxygen atoms in total. The molecule has 1 heterocycles. The predicted octanol–water partition coefficient (Wildman–Crippen LogP) is 3.71. The summed E-state index contributed by atoms with van der Waals surface area (Å²) in [7, 11) is 1.40. The van der Waals surface area contributed by atoms with E-state index in [9.17, 15) is 4.79 Å². The number of aryl methyl sites for hydroxylation is 1. The van der Waals surface area contributed by atoms with Gasteiger partial charge in [-0.2, -0.15) is 0 Å². The molecule has 0 saturated carbocycles. The number of rotatable bonds is 7. The third kappa shape index (κ3) is 4.06. The molecule has 1 aliphatic rings. The highest BCUT2D eigenvalue weighted by Crippen LogP contribution is 2.38. The molecule has 122 valence electrons. The summed E-state index contributed by atoms with van der Waals surface area (Å²) in [6.45, 7) is 2.84. The average Bonchev–Trinajstić information content (AvgIpc) is 2.55. The Hall–Kier alpha value is -0.980. The van der Waals surface area contributed by atoms with E-state index in [0.29, 0.717) is 13.0 Å². The Morgan fingerprint density at radius 2 is 2.27 bits per heavy atom. The number of methoxy groups -OCH3 is 1. The van der Waals surface area contributed by atoms with Crippen molar-refractivity contribution in [2.45, 2.75) is 45.1 Å². The van der Waals surface area contributed by atoms with Crippen molar-refractivity contribution in [1.82, 2.24) is 0 Å². The highest BCUT2D eigenvalue weighted by atomic mass is 127. The second-order valence-corrected chi connectivity index (χ2v) is 6.42. The number of hydrogen-bond acceptors (Lipinski definition) is 4. The summed E-state index contributed by atoms with van der Waals surface area (Å²) >= 11 is 2.35. The number of halogens is 1. The standard InChI is InChI=1S/C17H23IO4/c1-3-5-13-14(21-11-4-10-18)8-6-12-7-9-15(17(19)20-2)22-16(12)13/h6,8,15H,3-5,7,9-11H2,1-2H3. The molecule has 0 bridgehead atoms. The number of fused-ring (bicyclic) bond motifs is 1. The first kappa shape index (κ1) is 17.4. The molecular weight excluding hydrogens is 395 g/mol. The quantitative estimate of drug-likeness (QED) is 0.293. The van der Waals surface area contributed by atoms with Gasteiger partial charge in [-0.25, -0.2) is 4.79 Å². The molecule has 0 saturated heterocycles. The van der Waals surface area contributed by atoms with Gasteiger partial charge in [-0.05, 0) is 37.3 Å². The van der Waals surface area contributed by atoms with Crippen LogP contribution in [-0.2, 0) is 22.4 Å². The molecular formula is C17H23IO4. The molecule has 0 radical (unpaired) electrons. The van der Waals surface area contributed by atoms with Crippen molar-refractivity contribution in [3.63, 3.8) is 0 Å². The minimum absolute atomic E-state index is 0.302. The molecule has 1 unspecified atom stereocenters. The van der Waals surface area contributed by atoms with E-state index in [1.807, 2.05) is 6.07 Å². The van der Waals surface area contributed by atoms with Crippen LogP contribution in [0.1, 0.15) is 37.3 Å². The van der Waals surface area contributed by atoms with E-state index in [2.05, 4.69) is 35.6 Å². The lowest BCUT2D eigenvalue weighted by Gasteiger charge is -2.27. The molecule has 2 rings (SSSR count). The maximum atomic E-state index is 11.8. The van der Waals surface area contributed by atoms with Gasteiger partial charge in [-0.15, -0.1) is 0 Å². The number of carbonyl (C=O) groups is 1. The van der Waals surface area contributed by atoms with E-state index < -0.39 is 6.10 Å². The summed E-state index contributed by atoms with van der Waals surface area (Å²) in [5, 5.41) is 0. The average molecular weight is 418 g/mol. The van der Waals surface area contributed by atoms with Gasteiger partial charge in [0.05, 0.1) is 13.7 Å². The van der Waals surface area contributed by atoms with Gasteiger partial charge in [0.25, 0.3) is 0 Å². The predicted molar refractivity (Wildman–Crippen MR) is 94.2 cm³/mol. The van der Waals surface area contributed by atoms with E-state index in [1.165, 1.54) is 7.11 Å². The molecule has 5 heteroatoms. The van der Waals surface area contributed by atoms with Crippen LogP contribution in [0.25, 0.3) is 0 Å². The summed E-state index contributed by atoms with van der Waals surface area (Å²) in [6.07, 6.45) is 3.91.